The third kappa shape index (κ3) is 5.70. The lowest BCUT2D eigenvalue weighted by molar-refractivity contribution is 0.0170. The lowest BCUT2D eigenvalue weighted by atomic mass is 10.0. The molecule has 1 fully saturated rings. The smallest absolute Gasteiger partial charge is 0.319 e. The highest BCUT2D eigenvalue weighted by Crippen LogP contribution is 2.21. The summed E-state index contributed by atoms with van der Waals surface area (Å²) in [6, 6.07) is 6.42. The van der Waals surface area contributed by atoms with Crippen molar-refractivity contribution in [3.8, 4) is 0 Å². The molecule has 1 atom stereocenters. The Morgan fingerprint density at radius 2 is 1.93 bits per heavy atom. The van der Waals surface area contributed by atoms with E-state index in [1.165, 1.54) is 24.5 Å². The first-order valence-electron chi connectivity index (χ1n) is 9.40. The van der Waals surface area contributed by atoms with Crippen LogP contribution in [0.2, 0.25) is 0 Å². The lowest BCUT2D eigenvalue weighted by Crippen LogP contribution is -2.46. The summed E-state index contributed by atoms with van der Waals surface area (Å²) in [6.07, 6.45) is 2.57. The molecule has 29 heavy (non-hydrogen) atoms. The number of rotatable bonds is 7. The summed E-state index contributed by atoms with van der Waals surface area (Å²) < 4.78 is 45.5. The molecule has 3 rings (SSSR count). The Morgan fingerprint density at radius 3 is 2.59 bits per heavy atom. The van der Waals surface area contributed by atoms with Gasteiger partial charge in [0.2, 0.25) is 0 Å². The van der Waals surface area contributed by atoms with E-state index in [0.29, 0.717) is 25.7 Å². The second-order valence-corrected chi connectivity index (χ2v) is 6.55. The van der Waals surface area contributed by atoms with Crippen LogP contribution in [0.1, 0.15) is 24.0 Å². The number of halogens is 3. The van der Waals surface area contributed by atoms with E-state index in [2.05, 4.69) is 25.5 Å². The predicted octanol–water partition coefficient (Wildman–Crippen LogP) is 2.16. The molecule has 0 aliphatic carbocycles. The number of hydrogen-bond acceptors (Lipinski definition) is 4. The quantitative estimate of drug-likeness (QED) is 0.541. The van der Waals surface area contributed by atoms with Gasteiger partial charge in [0.15, 0.2) is 5.96 Å². The Kier molecular flexibility index (Phi) is 7.48. The van der Waals surface area contributed by atoms with E-state index in [-0.39, 0.29) is 24.2 Å². The van der Waals surface area contributed by atoms with Gasteiger partial charge in [-0.05, 0) is 17.7 Å². The predicted molar refractivity (Wildman–Crippen MR) is 103 cm³/mol. The van der Waals surface area contributed by atoms with Crippen LogP contribution in [0.3, 0.4) is 0 Å². The van der Waals surface area contributed by atoms with Crippen molar-refractivity contribution in [1.82, 2.24) is 25.1 Å². The molecule has 1 aliphatic heterocycles. The molecule has 7 nitrogen and oxygen atoms in total. The van der Waals surface area contributed by atoms with Crippen LogP contribution in [-0.2, 0) is 11.3 Å². The standard InChI is InChI=1S/C19H25F3N6O/c1-23-19(26-13-17-24-6-7-28(17)18(21)22)25-12-16(27-8-10-29-11-9-27)14-2-4-15(20)5-3-14/h2-7,16,18H,8-13H2,1H3,(H2,23,25,26). The first kappa shape index (κ1) is 21.1. The van der Waals surface area contributed by atoms with E-state index in [1.54, 1.807) is 19.2 Å². The maximum atomic E-state index is 13.3. The van der Waals surface area contributed by atoms with Crippen molar-refractivity contribution >= 4 is 5.96 Å². The number of morpholine rings is 1. The monoisotopic (exact) mass is 410 g/mol. The second-order valence-electron chi connectivity index (χ2n) is 6.55. The minimum absolute atomic E-state index is 0.0129. The van der Waals surface area contributed by atoms with Crippen molar-refractivity contribution in [2.75, 3.05) is 39.9 Å². The van der Waals surface area contributed by atoms with Crippen LogP contribution < -0.4 is 10.6 Å². The highest BCUT2D eigenvalue weighted by molar-refractivity contribution is 5.79. The van der Waals surface area contributed by atoms with Gasteiger partial charge >= 0.3 is 6.55 Å². The first-order valence-corrected chi connectivity index (χ1v) is 9.40. The largest absolute Gasteiger partial charge is 0.379 e. The summed E-state index contributed by atoms with van der Waals surface area (Å²) in [5.74, 6) is 0.398. The van der Waals surface area contributed by atoms with E-state index < -0.39 is 6.55 Å². The van der Waals surface area contributed by atoms with Crippen LogP contribution in [0.5, 0.6) is 0 Å². The van der Waals surface area contributed by atoms with Gasteiger partial charge < -0.3 is 15.4 Å². The molecule has 1 unspecified atom stereocenters. The number of ether oxygens (including phenoxy) is 1. The zero-order valence-electron chi connectivity index (χ0n) is 16.2. The first-order chi connectivity index (χ1) is 14.1. The molecule has 0 radical (unpaired) electrons. The van der Waals surface area contributed by atoms with E-state index in [0.717, 1.165) is 23.2 Å². The summed E-state index contributed by atoms with van der Waals surface area (Å²) in [4.78, 5) is 10.4. The fourth-order valence-electron chi connectivity index (χ4n) is 3.27. The lowest BCUT2D eigenvalue weighted by Gasteiger charge is -2.35. The molecule has 1 aromatic carbocycles. The number of imidazole rings is 1. The summed E-state index contributed by atoms with van der Waals surface area (Å²) in [5.41, 5.74) is 0.976. The molecule has 2 aromatic rings. The van der Waals surface area contributed by atoms with E-state index in [4.69, 9.17) is 4.74 Å². The van der Waals surface area contributed by atoms with Gasteiger partial charge in [-0.15, -0.1) is 0 Å². The van der Waals surface area contributed by atoms with Crippen molar-refractivity contribution < 1.29 is 17.9 Å². The van der Waals surface area contributed by atoms with Crippen molar-refractivity contribution in [2.24, 2.45) is 4.99 Å². The Balaban J connectivity index is 1.63. The van der Waals surface area contributed by atoms with Crippen molar-refractivity contribution in [2.45, 2.75) is 19.1 Å². The van der Waals surface area contributed by atoms with Gasteiger partial charge in [-0.3, -0.25) is 14.5 Å². The van der Waals surface area contributed by atoms with E-state index >= 15 is 0 Å². The summed E-state index contributed by atoms with van der Waals surface area (Å²) in [5, 5.41) is 6.23. The number of alkyl halides is 2. The zero-order chi connectivity index (χ0) is 20.6. The van der Waals surface area contributed by atoms with E-state index in [9.17, 15) is 13.2 Å². The fourth-order valence-corrected chi connectivity index (χ4v) is 3.27. The Bertz CT molecular complexity index is 789. The van der Waals surface area contributed by atoms with Gasteiger partial charge in [0.1, 0.15) is 11.6 Å². The number of aromatic nitrogens is 2. The van der Waals surface area contributed by atoms with Crippen LogP contribution >= 0.6 is 0 Å². The average molecular weight is 410 g/mol. The average Bonchev–Trinajstić information content (AvgIpc) is 3.21. The molecule has 10 heteroatoms. The van der Waals surface area contributed by atoms with Gasteiger partial charge in [-0.1, -0.05) is 12.1 Å². The Morgan fingerprint density at radius 1 is 1.21 bits per heavy atom. The maximum absolute atomic E-state index is 13.3. The SMILES string of the molecule is CN=C(NCc1nccn1C(F)F)NCC(c1ccc(F)cc1)N1CCOCC1. The van der Waals surface area contributed by atoms with Crippen LogP contribution in [0.25, 0.3) is 0 Å². The zero-order valence-corrected chi connectivity index (χ0v) is 16.2. The van der Waals surface area contributed by atoms with Gasteiger partial charge in [0, 0.05) is 39.1 Å². The van der Waals surface area contributed by atoms with Gasteiger partial charge in [-0.25, -0.2) is 9.37 Å². The highest BCUT2D eigenvalue weighted by atomic mass is 19.3. The second kappa shape index (κ2) is 10.3. The van der Waals surface area contributed by atoms with Crippen LogP contribution in [-0.4, -0.2) is 60.3 Å². The maximum Gasteiger partial charge on any atom is 0.319 e. The Hall–Kier alpha value is -2.59. The number of aliphatic imine (C=N–C) groups is 1. The molecule has 0 bridgehead atoms. The molecule has 158 valence electrons. The molecule has 2 heterocycles. The summed E-state index contributed by atoms with van der Waals surface area (Å²) >= 11 is 0. The highest BCUT2D eigenvalue weighted by Gasteiger charge is 2.23. The number of guanidine groups is 1. The normalized spacial score (nSPS) is 16.8. The minimum Gasteiger partial charge on any atom is -0.379 e. The summed E-state index contributed by atoms with van der Waals surface area (Å²) in [7, 11) is 1.61. The number of hydrogen-bond donors (Lipinski definition) is 2. The Labute approximate surface area is 167 Å². The third-order valence-corrected chi connectivity index (χ3v) is 4.80. The molecular weight excluding hydrogens is 385 g/mol. The van der Waals surface area contributed by atoms with Gasteiger partial charge in [-0.2, -0.15) is 8.78 Å². The van der Waals surface area contributed by atoms with E-state index in [1.807, 2.05) is 0 Å². The molecule has 0 spiro atoms. The molecule has 1 aliphatic rings. The van der Waals surface area contributed by atoms with Crippen molar-refractivity contribution in [3.63, 3.8) is 0 Å². The number of nitrogens with one attached hydrogen (secondary N) is 2. The van der Waals surface area contributed by atoms with Crippen LogP contribution in [0.15, 0.2) is 41.7 Å². The third-order valence-electron chi connectivity index (χ3n) is 4.80. The molecule has 1 saturated heterocycles. The molecule has 0 saturated carbocycles. The van der Waals surface area contributed by atoms with Crippen molar-refractivity contribution in [1.29, 1.82) is 0 Å². The summed E-state index contributed by atoms with van der Waals surface area (Å²) in [6.45, 7) is 0.781. The number of nitrogens with zero attached hydrogens (tertiary/aromatic N) is 4. The minimum atomic E-state index is -2.64. The number of benzene rings is 1. The van der Waals surface area contributed by atoms with Crippen molar-refractivity contribution in [3.05, 3.63) is 53.9 Å². The molecular formula is C19H25F3N6O. The molecule has 1 aromatic heterocycles. The fraction of sp³-hybridized carbons (Fsp3) is 0.474. The van der Waals surface area contributed by atoms with Gasteiger partial charge in [0.05, 0.1) is 25.8 Å². The topological polar surface area (TPSA) is 66.7 Å². The van der Waals surface area contributed by atoms with Crippen LogP contribution in [0, 0.1) is 5.82 Å². The van der Waals surface area contributed by atoms with Crippen LogP contribution in [0.4, 0.5) is 13.2 Å². The molecule has 0 amide bonds. The molecule has 2 N–H and O–H groups in total. The van der Waals surface area contributed by atoms with Gasteiger partial charge in [0.25, 0.3) is 0 Å².